The van der Waals surface area contributed by atoms with Gasteiger partial charge in [-0.3, -0.25) is 19.3 Å². The molecule has 0 radical (unpaired) electrons. The number of nitrogens with one attached hydrogen (secondary N) is 1. The molecule has 34 heavy (non-hydrogen) atoms. The number of benzene rings is 3. The summed E-state index contributed by atoms with van der Waals surface area (Å²) < 4.78 is 0. The van der Waals surface area contributed by atoms with E-state index < -0.39 is 6.17 Å². The quantitative estimate of drug-likeness (QED) is 0.399. The predicted molar refractivity (Wildman–Crippen MR) is 129 cm³/mol. The van der Waals surface area contributed by atoms with Crippen molar-refractivity contribution >= 4 is 29.1 Å². The van der Waals surface area contributed by atoms with Crippen LogP contribution in [0.2, 0.25) is 0 Å². The van der Waals surface area contributed by atoms with E-state index in [2.05, 4.69) is 5.32 Å². The average Bonchev–Trinajstić information content (AvgIpc) is 3.15. The summed E-state index contributed by atoms with van der Waals surface area (Å²) in [5.74, 6) is -0.101. The van der Waals surface area contributed by atoms with Gasteiger partial charge in [-0.2, -0.15) is 0 Å². The Morgan fingerprint density at radius 1 is 0.824 bits per heavy atom. The van der Waals surface area contributed by atoms with Crippen molar-refractivity contribution in [1.82, 2.24) is 4.90 Å². The summed E-state index contributed by atoms with van der Waals surface area (Å²) in [6.45, 7) is 0.496. The molecule has 7 nitrogen and oxygen atoms in total. The van der Waals surface area contributed by atoms with Gasteiger partial charge >= 0.3 is 0 Å². The van der Waals surface area contributed by atoms with Crippen LogP contribution in [0.4, 0.5) is 11.4 Å². The summed E-state index contributed by atoms with van der Waals surface area (Å²) in [5.41, 5.74) is 3.32. The van der Waals surface area contributed by atoms with E-state index in [1.807, 2.05) is 42.5 Å². The highest BCUT2D eigenvalue weighted by atomic mass is 16.3. The van der Waals surface area contributed by atoms with Crippen molar-refractivity contribution in [3.63, 3.8) is 0 Å². The van der Waals surface area contributed by atoms with E-state index in [1.54, 1.807) is 28.0 Å². The van der Waals surface area contributed by atoms with Gasteiger partial charge in [-0.15, -0.1) is 0 Å². The van der Waals surface area contributed by atoms with Crippen molar-refractivity contribution in [2.45, 2.75) is 31.8 Å². The number of rotatable bonds is 7. The minimum Gasteiger partial charge on any atom is -0.508 e. The van der Waals surface area contributed by atoms with Gasteiger partial charge in [0.2, 0.25) is 5.91 Å². The number of carbonyl (C=O) groups excluding carboxylic acids is 3. The normalized spacial score (nSPS) is 16.2. The number of hydrogen-bond donors (Lipinski definition) is 2. The molecule has 2 aliphatic rings. The van der Waals surface area contributed by atoms with Crippen LogP contribution < -0.4 is 10.2 Å². The number of aromatic hydroxyl groups is 1. The number of carbonyl (C=O) groups is 3. The van der Waals surface area contributed by atoms with Crippen LogP contribution >= 0.6 is 0 Å². The number of phenols is 1. The molecule has 0 aromatic heterocycles. The van der Waals surface area contributed by atoms with Crippen LogP contribution in [-0.4, -0.2) is 34.3 Å². The summed E-state index contributed by atoms with van der Waals surface area (Å²) in [4.78, 5) is 42.3. The van der Waals surface area contributed by atoms with Crippen molar-refractivity contribution in [3.8, 4) is 5.75 Å². The molecular formula is C27H25N3O4. The van der Waals surface area contributed by atoms with Crippen LogP contribution in [0.3, 0.4) is 0 Å². The van der Waals surface area contributed by atoms with Crippen molar-refractivity contribution in [2.75, 3.05) is 16.8 Å². The number of amides is 3. The Hall–Kier alpha value is -4.13. The van der Waals surface area contributed by atoms with Gasteiger partial charge in [0.05, 0.1) is 11.3 Å². The van der Waals surface area contributed by atoms with E-state index >= 15 is 0 Å². The highest BCUT2D eigenvalue weighted by Gasteiger charge is 2.47. The second-order valence-electron chi connectivity index (χ2n) is 8.56. The van der Waals surface area contributed by atoms with E-state index in [4.69, 9.17) is 0 Å². The van der Waals surface area contributed by atoms with Crippen molar-refractivity contribution in [2.24, 2.45) is 0 Å². The van der Waals surface area contributed by atoms with E-state index in [9.17, 15) is 19.5 Å². The summed E-state index contributed by atoms with van der Waals surface area (Å²) in [5, 5.41) is 12.1. The lowest BCUT2D eigenvalue weighted by atomic mass is 10.0. The zero-order chi connectivity index (χ0) is 23.7. The van der Waals surface area contributed by atoms with Crippen LogP contribution in [0.15, 0.2) is 72.8 Å². The van der Waals surface area contributed by atoms with Gasteiger partial charge in [-0.05, 0) is 55.3 Å². The average molecular weight is 456 g/mol. The molecule has 172 valence electrons. The third-order valence-corrected chi connectivity index (χ3v) is 6.34. The number of hydrogen-bond acceptors (Lipinski definition) is 4. The number of unbranched alkanes of at least 4 members (excludes halogenated alkanes) is 2. The Labute approximate surface area is 197 Å². The molecule has 0 fully saturated rings. The summed E-state index contributed by atoms with van der Waals surface area (Å²) in [6, 6.07) is 21.1. The molecule has 0 unspecified atom stereocenters. The van der Waals surface area contributed by atoms with Crippen LogP contribution in [0.1, 0.15) is 58.1 Å². The molecule has 5 rings (SSSR count). The molecule has 2 N–H and O–H groups in total. The maximum Gasteiger partial charge on any atom is 0.260 e. The number of para-hydroxylation sites is 1. The largest absolute Gasteiger partial charge is 0.508 e. The van der Waals surface area contributed by atoms with Crippen molar-refractivity contribution in [1.29, 1.82) is 0 Å². The summed E-state index contributed by atoms with van der Waals surface area (Å²) in [6.07, 6.45) is 2.11. The second-order valence-corrected chi connectivity index (χ2v) is 8.56. The predicted octanol–water partition coefficient (Wildman–Crippen LogP) is 4.71. The van der Waals surface area contributed by atoms with E-state index in [0.717, 1.165) is 18.4 Å². The lowest BCUT2D eigenvalue weighted by molar-refractivity contribution is -0.116. The molecule has 3 aromatic carbocycles. The lowest BCUT2D eigenvalue weighted by Crippen LogP contribution is -2.48. The molecule has 3 aromatic rings. The third kappa shape index (κ3) is 3.90. The molecule has 0 saturated carbocycles. The molecule has 0 spiro atoms. The highest BCUT2D eigenvalue weighted by Crippen LogP contribution is 2.45. The van der Waals surface area contributed by atoms with Gasteiger partial charge in [-0.1, -0.05) is 36.8 Å². The number of phenolic OH excluding ortho intramolecular Hbond substituents is 1. The van der Waals surface area contributed by atoms with Gasteiger partial charge in [0.1, 0.15) is 11.9 Å². The maximum absolute atomic E-state index is 13.4. The molecule has 1 atom stereocenters. The van der Waals surface area contributed by atoms with Crippen molar-refractivity contribution < 1.29 is 19.5 Å². The fourth-order valence-corrected chi connectivity index (χ4v) is 4.71. The second kappa shape index (κ2) is 9.02. The molecular weight excluding hydrogens is 430 g/mol. The Bertz CT molecular complexity index is 1250. The van der Waals surface area contributed by atoms with Crippen molar-refractivity contribution in [3.05, 3.63) is 89.5 Å². The first-order valence-corrected chi connectivity index (χ1v) is 11.5. The van der Waals surface area contributed by atoms with Gasteiger partial charge in [0.15, 0.2) is 0 Å². The molecule has 2 aliphatic heterocycles. The van der Waals surface area contributed by atoms with Gasteiger partial charge in [-0.25, -0.2) is 0 Å². The van der Waals surface area contributed by atoms with Gasteiger partial charge in [0.25, 0.3) is 11.8 Å². The minimum atomic E-state index is -0.441. The van der Waals surface area contributed by atoms with Crippen LogP contribution in [0.5, 0.6) is 5.75 Å². The topological polar surface area (TPSA) is 90.0 Å². The van der Waals surface area contributed by atoms with E-state index in [0.29, 0.717) is 41.9 Å². The maximum atomic E-state index is 13.4. The Morgan fingerprint density at radius 2 is 1.53 bits per heavy atom. The standard InChI is InChI=1S/C27H25N3O4/c31-19-15-13-18(14-16-19)28-24(32)12-2-1-7-17-29-25-20-8-3-4-9-21(20)27(34)30(25)23-11-6-5-10-22(23)26(29)33/h3-6,8-11,13-16,25,31H,1-2,7,12,17H2,(H,28,32)/t25-/m1/s1. The minimum absolute atomic E-state index is 0.0774. The number of fused-ring (bicyclic) bond motifs is 5. The number of nitrogens with zero attached hydrogens (tertiary/aromatic N) is 2. The van der Waals surface area contributed by atoms with Gasteiger partial charge < -0.3 is 15.3 Å². The first kappa shape index (κ1) is 21.7. The monoisotopic (exact) mass is 455 g/mol. The Kier molecular flexibility index (Phi) is 5.76. The summed E-state index contributed by atoms with van der Waals surface area (Å²) in [7, 11) is 0. The Morgan fingerprint density at radius 3 is 2.32 bits per heavy atom. The third-order valence-electron chi connectivity index (χ3n) is 6.34. The fraction of sp³-hybridized carbons (Fsp3) is 0.222. The first-order valence-electron chi connectivity index (χ1n) is 11.5. The van der Waals surface area contributed by atoms with Crippen LogP contribution in [-0.2, 0) is 4.79 Å². The zero-order valence-corrected chi connectivity index (χ0v) is 18.6. The zero-order valence-electron chi connectivity index (χ0n) is 18.6. The fourth-order valence-electron chi connectivity index (χ4n) is 4.71. The SMILES string of the molecule is O=C(CCCCCN1C(=O)c2ccccc2N2C(=O)c3ccccc3[C@H]12)Nc1ccc(O)cc1. The molecule has 0 bridgehead atoms. The molecule has 0 saturated heterocycles. The molecule has 3 amide bonds. The first-order chi connectivity index (χ1) is 16.5. The Balaban J connectivity index is 1.24. The number of anilines is 2. The highest BCUT2D eigenvalue weighted by molar-refractivity contribution is 6.16. The summed E-state index contributed by atoms with van der Waals surface area (Å²) >= 11 is 0. The van der Waals surface area contributed by atoms with E-state index in [1.165, 1.54) is 12.1 Å². The lowest BCUT2D eigenvalue weighted by Gasteiger charge is -2.41. The van der Waals surface area contributed by atoms with Crippen LogP contribution in [0, 0.1) is 0 Å². The van der Waals surface area contributed by atoms with Gasteiger partial charge in [0, 0.05) is 29.8 Å². The smallest absolute Gasteiger partial charge is 0.260 e. The molecule has 0 aliphatic carbocycles. The van der Waals surface area contributed by atoms with E-state index in [-0.39, 0.29) is 23.5 Å². The molecule has 2 heterocycles. The van der Waals surface area contributed by atoms with Crippen LogP contribution in [0.25, 0.3) is 0 Å². The molecule has 7 heteroatoms.